The summed E-state index contributed by atoms with van der Waals surface area (Å²) < 4.78 is 5.97. The largest absolute Gasteiger partial charge is 0.546 e. The molecule has 0 bridgehead atoms. The Balaban J connectivity index is 3.21. The van der Waals surface area contributed by atoms with Gasteiger partial charge in [0.2, 0.25) is 9.04 Å². The molecule has 0 fully saturated rings. The number of rotatable bonds is 2. The highest BCUT2D eigenvalue weighted by Gasteiger charge is 2.20. The quantitative estimate of drug-likeness (QED) is 0.613. The van der Waals surface area contributed by atoms with Crippen LogP contribution < -0.4 is 4.43 Å². The van der Waals surface area contributed by atoms with Gasteiger partial charge in [-0.2, -0.15) is 0 Å². The number of thiol groups is 1. The molecule has 0 unspecified atom stereocenters. The molecule has 0 amide bonds. The first-order chi connectivity index (χ1) is 6.82. The van der Waals surface area contributed by atoms with Gasteiger partial charge in [0.25, 0.3) is 0 Å². The molecule has 0 heterocycles. The van der Waals surface area contributed by atoms with Crippen LogP contribution in [0.3, 0.4) is 0 Å². The van der Waals surface area contributed by atoms with Crippen molar-refractivity contribution in [2.75, 3.05) is 0 Å². The van der Waals surface area contributed by atoms with E-state index in [0.717, 1.165) is 10.6 Å². The van der Waals surface area contributed by atoms with Crippen LogP contribution in [0.15, 0.2) is 23.1 Å². The van der Waals surface area contributed by atoms with Crippen molar-refractivity contribution in [1.29, 1.82) is 0 Å². The Hall–Kier alpha value is -0.413. The third kappa shape index (κ3) is 3.28. The molecule has 0 aromatic heterocycles. The second-order valence-corrected chi connectivity index (χ2v) is 7.89. The summed E-state index contributed by atoms with van der Waals surface area (Å²) >= 11 is 4.47. The van der Waals surface area contributed by atoms with E-state index in [9.17, 15) is 0 Å². The van der Waals surface area contributed by atoms with Crippen LogP contribution in [0.1, 0.15) is 26.3 Å². The molecule has 0 aliphatic rings. The number of hydrogen-bond donors (Lipinski definition) is 1. The van der Waals surface area contributed by atoms with E-state index in [4.69, 9.17) is 4.43 Å². The molecule has 0 N–H and O–H groups in total. The lowest BCUT2D eigenvalue weighted by atomic mass is 9.86. The summed E-state index contributed by atoms with van der Waals surface area (Å²) in [5.74, 6) is 0.981. The Bertz CT molecular complexity index is 342. The molecule has 0 atom stereocenters. The molecule has 0 saturated heterocycles. The topological polar surface area (TPSA) is 9.23 Å². The van der Waals surface area contributed by atoms with Gasteiger partial charge in [-0.3, -0.25) is 0 Å². The Morgan fingerprint density at radius 3 is 2.27 bits per heavy atom. The molecule has 0 aliphatic heterocycles. The third-order valence-electron chi connectivity index (χ3n) is 2.16. The van der Waals surface area contributed by atoms with Gasteiger partial charge in [-0.1, -0.05) is 32.9 Å². The first-order valence-electron chi connectivity index (χ1n) is 5.31. The average molecular weight is 240 g/mol. The van der Waals surface area contributed by atoms with Crippen molar-refractivity contribution in [3.8, 4) is 5.75 Å². The fourth-order valence-electron chi connectivity index (χ4n) is 1.47. The molecule has 1 aromatic rings. The van der Waals surface area contributed by atoms with Crippen molar-refractivity contribution < 1.29 is 4.43 Å². The Kier molecular flexibility index (Phi) is 3.90. The molecule has 15 heavy (non-hydrogen) atoms. The monoisotopic (exact) mass is 240 g/mol. The van der Waals surface area contributed by atoms with E-state index in [1.807, 2.05) is 12.1 Å². The SMILES string of the molecule is C[SiH](C)Oc1c(S)cccc1C(C)(C)C. The molecule has 84 valence electrons. The molecular weight excluding hydrogens is 220 g/mol. The molecule has 1 aromatic carbocycles. The van der Waals surface area contributed by atoms with Crippen LogP contribution >= 0.6 is 12.6 Å². The van der Waals surface area contributed by atoms with Gasteiger partial charge in [0.05, 0.1) is 0 Å². The van der Waals surface area contributed by atoms with Crippen LogP contribution in [0.5, 0.6) is 5.75 Å². The summed E-state index contributed by atoms with van der Waals surface area (Å²) in [6.07, 6.45) is 0. The number of hydrogen-bond acceptors (Lipinski definition) is 2. The molecular formula is C12H20OSSi. The normalized spacial score (nSPS) is 11.9. The first-order valence-corrected chi connectivity index (χ1v) is 8.54. The minimum atomic E-state index is -1.07. The smallest absolute Gasteiger partial charge is 0.229 e. The molecule has 3 heteroatoms. The summed E-state index contributed by atoms with van der Waals surface area (Å²) in [6.45, 7) is 10.9. The van der Waals surface area contributed by atoms with Crippen LogP contribution in [-0.4, -0.2) is 9.04 Å². The van der Waals surface area contributed by atoms with E-state index in [0.29, 0.717) is 0 Å². The summed E-state index contributed by atoms with van der Waals surface area (Å²) in [7, 11) is -1.07. The fraction of sp³-hybridized carbons (Fsp3) is 0.500. The van der Waals surface area contributed by atoms with E-state index in [2.05, 4.69) is 52.6 Å². The van der Waals surface area contributed by atoms with Crippen molar-refractivity contribution in [3.63, 3.8) is 0 Å². The summed E-state index contributed by atoms with van der Waals surface area (Å²) in [5.41, 5.74) is 1.35. The highest BCUT2D eigenvalue weighted by Crippen LogP contribution is 2.35. The highest BCUT2D eigenvalue weighted by molar-refractivity contribution is 7.80. The molecule has 0 aliphatic carbocycles. The first kappa shape index (κ1) is 12.7. The van der Waals surface area contributed by atoms with Crippen LogP contribution in [0.25, 0.3) is 0 Å². The predicted molar refractivity (Wildman–Crippen MR) is 71.9 cm³/mol. The summed E-state index contributed by atoms with van der Waals surface area (Å²) in [5, 5.41) is 0. The fourth-order valence-corrected chi connectivity index (χ4v) is 2.56. The minimum absolute atomic E-state index is 0.108. The zero-order valence-corrected chi connectivity index (χ0v) is 12.2. The van der Waals surface area contributed by atoms with Crippen LogP contribution in [0.2, 0.25) is 13.1 Å². The average Bonchev–Trinajstić information content (AvgIpc) is 2.05. The van der Waals surface area contributed by atoms with Gasteiger partial charge in [0.15, 0.2) is 0 Å². The van der Waals surface area contributed by atoms with Crippen molar-refractivity contribution in [1.82, 2.24) is 0 Å². The van der Waals surface area contributed by atoms with Gasteiger partial charge in [-0.05, 0) is 30.1 Å². The van der Waals surface area contributed by atoms with Crippen molar-refractivity contribution in [3.05, 3.63) is 23.8 Å². The lowest BCUT2D eigenvalue weighted by Crippen LogP contribution is -2.18. The van der Waals surface area contributed by atoms with Gasteiger partial charge in [-0.25, -0.2) is 0 Å². The maximum absolute atomic E-state index is 5.97. The highest BCUT2D eigenvalue weighted by atomic mass is 32.1. The second-order valence-electron chi connectivity index (χ2n) is 5.07. The van der Waals surface area contributed by atoms with Gasteiger partial charge in [0, 0.05) is 4.90 Å². The predicted octanol–water partition coefficient (Wildman–Crippen LogP) is 3.64. The Morgan fingerprint density at radius 1 is 1.20 bits per heavy atom. The van der Waals surface area contributed by atoms with Gasteiger partial charge >= 0.3 is 0 Å². The van der Waals surface area contributed by atoms with E-state index < -0.39 is 9.04 Å². The van der Waals surface area contributed by atoms with Gasteiger partial charge < -0.3 is 4.43 Å². The van der Waals surface area contributed by atoms with E-state index in [1.165, 1.54) is 5.56 Å². The van der Waals surface area contributed by atoms with E-state index in [1.54, 1.807) is 0 Å². The Morgan fingerprint density at radius 2 is 1.80 bits per heavy atom. The van der Waals surface area contributed by atoms with Crippen LogP contribution in [0.4, 0.5) is 0 Å². The number of para-hydroxylation sites is 1. The molecule has 0 spiro atoms. The second kappa shape index (κ2) is 4.62. The molecule has 0 saturated carbocycles. The third-order valence-corrected chi connectivity index (χ3v) is 3.22. The zero-order valence-electron chi connectivity index (χ0n) is 10.2. The van der Waals surface area contributed by atoms with Gasteiger partial charge in [0.1, 0.15) is 5.75 Å². The minimum Gasteiger partial charge on any atom is -0.546 e. The maximum Gasteiger partial charge on any atom is 0.229 e. The summed E-state index contributed by atoms with van der Waals surface area (Å²) in [4.78, 5) is 0.948. The summed E-state index contributed by atoms with van der Waals surface area (Å²) in [6, 6.07) is 6.16. The molecule has 0 radical (unpaired) electrons. The van der Waals surface area contributed by atoms with Crippen molar-refractivity contribution in [2.24, 2.45) is 0 Å². The lowest BCUT2D eigenvalue weighted by Gasteiger charge is -2.25. The molecule has 1 rings (SSSR count). The van der Waals surface area contributed by atoms with Crippen LogP contribution in [-0.2, 0) is 5.41 Å². The van der Waals surface area contributed by atoms with Crippen molar-refractivity contribution in [2.45, 2.75) is 44.2 Å². The van der Waals surface area contributed by atoms with Gasteiger partial charge in [-0.15, -0.1) is 12.6 Å². The van der Waals surface area contributed by atoms with Crippen molar-refractivity contribution >= 4 is 21.7 Å². The standard InChI is InChI=1S/C12H20OSSi/c1-12(2,3)9-7-6-8-10(14)11(9)13-15(4)5/h6-8,14-15H,1-5H3. The molecule has 1 nitrogen and oxygen atoms in total. The van der Waals surface area contributed by atoms with E-state index in [-0.39, 0.29) is 5.41 Å². The Labute approximate surface area is 100.0 Å². The van der Waals surface area contributed by atoms with E-state index >= 15 is 0 Å². The number of benzene rings is 1. The zero-order chi connectivity index (χ0) is 11.6. The van der Waals surface area contributed by atoms with Crippen LogP contribution in [0, 0.1) is 0 Å². The lowest BCUT2D eigenvalue weighted by molar-refractivity contribution is 0.510. The maximum atomic E-state index is 5.97.